The number of benzene rings is 2. The molecular formula is C24H24N4O2. The second-order valence-electron chi connectivity index (χ2n) is 7.47. The summed E-state index contributed by atoms with van der Waals surface area (Å²) in [6.07, 6.45) is 1.81. The van der Waals surface area contributed by atoms with E-state index in [9.17, 15) is 4.79 Å². The zero-order valence-electron chi connectivity index (χ0n) is 17.5. The van der Waals surface area contributed by atoms with Gasteiger partial charge in [0.15, 0.2) is 5.65 Å². The number of para-hydroxylation sites is 1. The van der Waals surface area contributed by atoms with Crippen molar-refractivity contribution in [3.8, 4) is 28.1 Å². The van der Waals surface area contributed by atoms with Gasteiger partial charge in [0.2, 0.25) is 5.91 Å². The molecule has 0 spiro atoms. The fourth-order valence-corrected chi connectivity index (χ4v) is 3.63. The lowest BCUT2D eigenvalue weighted by atomic mass is 9.95. The Labute approximate surface area is 175 Å². The molecule has 0 saturated carbocycles. The fourth-order valence-electron chi connectivity index (χ4n) is 3.63. The van der Waals surface area contributed by atoms with Crippen molar-refractivity contribution in [1.82, 2.24) is 20.1 Å². The highest BCUT2D eigenvalue weighted by molar-refractivity contribution is 5.94. The maximum Gasteiger partial charge on any atom is 0.229 e. The van der Waals surface area contributed by atoms with Crippen molar-refractivity contribution in [3.05, 3.63) is 66.4 Å². The summed E-state index contributed by atoms with van der Waals surface area (Å²) in [5, 5.41) is 8.37. The second-order valence-corrected chi connectivity index (χ2v) is 7.47. The van der Waals surface area contributed by atoms with Crippen LogP contribution in [-0.4, -0.2) is 47.2 Å². The molecule has 2 heterocycles. The molecule has 0 radical (unpaired) electrons. The number of hydrogen-bond donors (Lipinski definition) is 1. The molecule has 0 aliphatic rings. The number of nitrogens with zero attached hydrogens (tertiary/aromatic N) is 3. The number of aromatic amines is 1. The van der Waals surface area contributed by atoms with Gasteiger partial charge in [-0.2, -0.15) is 5.10 Å². The highest BCUT2D eigenvalue weighted by Crippen LogP contribution is 2.34. The first-order valence-corrected chi connectivity index (χ1v) is 9.78. The van der Waals surface area contributed by atoms with Gasteiger partial charge >= 0.3 is 0 Å². The molecule has 1 N–H and O–H groups in total. The summed E-state index contributed by atoms with van der Waals surface area (Å²) in [7, 11) is 5.21. The summed E-state index contributed by atoms with van der Waals surface area (Å²) < 4.78 is 5.51. The highest BCUT2D eigenvalue weighted by atomic mass is 16.5. The summed E-state index contributed by atoms with van der Waals surface area (Å²) >= 11 is 0. The predicted octanol–water partition coefficient (Wildman–Crippen LogP) is 4.49. The molecule has 2 aromatic carbocycles. The van der Waals surface area contributed by atoms with E-state index >= 15 is 0 Å². The first-order valence-electron chi connectivity index (χ1n) is 9.78. The molecule has 152 valence electrons. The zero-order chi connectivity index (χ0) is 21.3. The first kappa shape index (κ1) is 19.6. The van der Waals surface area contributed by atoms with Gasteiger partial charge in [0.05, 0.1) is 18.7 Å². The SMILES string of the molecule is COc1ccccc1-c1[nH]nc2ncc(-c3cccc(C(C)C(=O)N(C)C)c3)cc12. The van der Waals surface area contributed by atoms with Gasteiger partial charge in [-0.3, -0.25) is 9.89 Å². The lowest BCUT2D eigenvalue weighted by Gasteiger charge is -2.17. The molecule has 0 saturated heterocycles. The standard InChI is InChI=1S/C24H24N4O2/c1-15(24(29)28(2)3)16-8-7-9-17(12-16)18-13-20-22(26-27-23(20)25-14-18)19-10-5-6-11-21(19)30-4/h5-15H,1-4H3,(H,25,26,27). The number of fused-ring (bicyclic) bond motifs is 1. The third-order valence-corrected chi connectivity index (χ3v) is 5.32. The minimum Gasteiger partial charge on any atom is -0.496 e. The van der Waals surface area contributed by atoms with Crippen LogP contribution in [0.15, 0.2) is 60.8 Å². The van der Waals surface area contributed by atoms with Crippen LogP contribution in [0.3, 0.4) is 0 Å². The predicted molar refractivity (Wildman–Crippen MR) is 118 cm³/mol. The number of rotatable bonds is 5. The van der Waals surface area contributed by atoms with Crippen LogP contribution in [-0.2, 0) is 4.79 Å². The van der Waals surface area contributed by atoms with Crippen LogP contribution in [0.2, 0.25) is 0 Å². The topological polar surface area (TPSA) is 71.1 Å². The van der Waals surface area contributed by atoms with E-state index in [0.717, 1.165) is 39.1 Å². The Bertz CT molecular complexity index is 1210. The normalized spacial score (nSPS) is 12.0. The van der Waals surface area contributed by atoms with E-state index in [1.165, 1.54) is 0 Å². The second kappa shape index (κ2) is 7.99. The molecule has 6 heteroatoms. The number of methoxy groups -OCH3 is 1. The van der Waals surface area contributed by atoms with Gasteiger partial charge in [-0.15, -0.1) is 0 Å². The number of nitrogens with one attached hydrogen (secondary N) is 1. The van der Waals surface area contributed by atoms with E-state index in [1.807, 2.05) is 55.6 Å². The zero-order valence-corrected chi connectivity index (χ0v) is 17.5. The van der Waals surface area contributed by atoms with E-state index in [4.69, 9.17) is 4.74 Å². The van der Waals surface area contributed by atoms with E-state index in [0.29, 0.717) is 5.65 Å². The van der Waals surface area contributed by atoms with Crippen molar-refractivity contribution in [3.63, 3.8) is 0 Å². The summed E-state index contributed by atoms with van der Waals surface area (Å²) in [6.45, 7) is 1.93. The number of aromatic nitrogens is 3. The van der Waals surface area contributed by atoms with E-state index < -0.39 is 0 Å². The minimum atomic E-state index is -0.213. The summed E-state index contributed by atoms with van der Waals surface area (Å²) in [4.78, 5) is 18.5. The van der Waals surface area contributed by atoms with E-state index in [2.05, 4.69) is 27.3 Å². The molecule has 0 aliphatic heterocycles. The van der Waals surface area contributed by atoms with Gasteiger partial charge in [-0.1, -0.05) is 36.4 Å². The number of carbonyl (C=O) groups is 1. The van der Waals surface area contributed by atoms with E-state index in [-0.39, 0.29) is 11.8 Å². The minimum absolute atomic E-state index is 0.0778. The van der Waals surface area contributed by atoms with Crippen molar-refractivity contribution >= 4 is 16.9 Å². The van der Waals surface area contributed by atoms with Crippen molar-refractivity contribution in [2.75, 3.05) is 21.2 Å². The van der Waals surface area contributed by atoms with Gasteiger partial charge in [-0.25, -0.2) is 4.98 Å². The van der Waals surface area contributed by atoms with E-state index in [1.54, 1.807) is 26.1 Å². The molecule has 0 bridgehead atoms. The molecule has 0 aliphatic carbocycles. The average molecular weight is 400 g/mol. The Morgan fingerprint density at radius 1 is 1.07 bits per heavy atom. The van der Waals surface area contributed by atoms with Gasteiger partial charge in [0, 0.05) is 36.8 Å². The van der Waals surface area contributed by atoms with Crippen molar-refractivity contribution in [2.24, 2.45) is 0 Å². The molecule has 30 heavy (non-hydrogen) atoms. The van der Waals surface area contributed by atoms with Crippen LogP contribution in [0.25, 0.3) is 33.4 Å². The Hall–Kier alpha value is -3.67. The number of ether oxygens (including phenoxy) is 1. The van der Waals surface area contributed by atoms with Gasteiger partial charge in [-0.05, 0) is 36.2 Å². The Morgan fingerprint density at radius 3 is 2.63 bits per heavy atom. The van der Waals surface area contributed by atoms with Crippen LogP contribution in [0.4, 0.5) is 0 Å². The summed E-state index contributed by atoms with van der Waals surface area (Å²) in [5.41, 5.74) is 5.39. The largest absolute Gasteiger partial charge is 0.496 e. The van der Waals surface area contributed by atoms with Crippen LogP contribution >= 0.6 is 0 Å². The maximum atomic E-state index is 12.4. The van der Waals surface area contributed by atoms with Gasteiger partial charge < -0.3 is 9.64 Å². The number of carbonyl (C=O) groups excluding carboxylic acids is 1. The fraction of sp³-hybridized carbons (Fsp3) is 0.208. The van der Waals surface area contributed by atoms with Crippen LogP contribution in [0.5, 0.6) is 5.75 Å². The Morgan fingerprint density at radius 2 is 1.87 bits per heavy atom. The molecule has 0 fully saturated rings. The number of likely N-dealkylation sites (N-methyl/N-ethyl adjacent to an activating group) is 1. The maximum absolute atomic E-state index is 12.4. The number of H-pyrrole nitrogens is 1. The van der Waals surface area contributed by atoms with Gasteiger partial charge in [0.1, 0.15) is 5.75 Å². The molecule has 1 amide bonds. The molecule has 4 aromatic rings. The van der Waals surface area contributed by atoms with Crippen LogP contribution in [0, 0.1) is 0 Å². The summed E-state index contributed by atoms with van der Waals surface area (Å²) in [5.74, 6) is 0.634. The summed E-state index contributed by atoms with van der Waals surface area (Å²) in [6, 6.07) is 17.9. The molecule has 6 nitrogen and oxygen atoms in total. The third-order valence-electron chi connectivity index (χ3n) is 5.32. The van der Waals surface area contributed by atoms with Crippen molar-refractivity contribution in [2.45, 2.75) is 12.8 Å². The Kier molecular flexibility index (Phi) is 5.23. The molecule has 2 aromatic heterocycles. The quantitative estimate of drug-likeness (QED) is 0.536. The van der Waals surface area contributed by atoms with Crippen LogP contribution in [0.1, 0.15) is 18.4 Å². The van der Waals surface area contributed by atoms with Gasteiger partial charge in [0.25, 0.3) is 0 Å². The third kappa shape index (κ3) is 3.52. The monoisotopic (exact) mass is 400 g/mol. The molecule has 1 unspecified atom stereocenters. The molecular weight excluding hydrogens is 376 g/mol. The Balaban J connectivity index is 1.78. The van der Waals surface area contributed by atoms with Crippen molar-refractivity contribution < 1.29 is 9.53 Å². The lowest BCUT2D eigenvalue weighted by Crippen LogP contribution is -2.26. The first-order chi connectivity index (χ1) is 14.5. The molecule has 1 atom stereocenters. The average Bonchev–Trinajstić information content (AvgIpc) is 3.21. The number of pyridine rings is 1. The lowest BCUT2D eigenvalue weighted by molar-refractivity contribution is -0.129. The van der Waals surface area contributed by atoms with Crippen molar-refractivity contribution in [1.29, 1.82) is 0 Å². The highest BCUT2D eigenvalue weighted by Gasteiger charge is 2.18. The van der Waals surface area contributed by atoms with Crippen LogP contribution < -0.4 is 4.74 Å². The molecule has 4 rings (SSSR count). The number of amides is 1. The smallest absolute Gasteiger partial charge is 0.229 e. The number of hydrogen-bond acceptors (Lipinski definition) is 4.